The van der Waals surface area contributed by atoms with Crippen molar-refractivity contribution in [3.05, 3.63) is 116 Å². The monoisotopic (exact) mass is 565 g/mol. The van der Waals surface area contributed by atoms with E-state index in [1.165, 1.54) is 27.7 Å². The molecule has 2 atom stereocenters. The van der Waals surface area contributed by atoms with Crippen LogP contribution >= 0.6 is 11.6 Å². The van der Waals surface area contributed by atoms with Gasteiger partial charge in [0.2, 0.25) is 0 Å². The number of rotatable bonds is 5. The van der Waals surface area contributed by atoms with E-state index >= 15 is 4.39 Å². The van der Waals surface area contributed by atoms with Crippen LogP contribution in [0.2, 0.25) is 5.02 Å². The largest absolute Gasteiger partial charge is 0.345 e. The summed E-state index contributed by atoms with van der Waals surface area (Å²) in [6, 6.07) is 11.8. The molecule has 2 aromatic heterocycles. The second-order valence-corrected chi connectivity index (χ2v) is 11.1. The van der Waals surface area contributed by atoms with Crippen molar-refractivity contribution in [1.82, 2.24) is 14.5 Å². The summed E-state index contributed by atoms with van der Waals surface area (Å²) in [4.78, 5) is 31.8. The summed E-state index contributed by atoms with van der Waals surface area (Å²) in [5, 5.41) is 0.0319. The highest BCUT2D eigenvalue weighted by molar-refractivity contribution is 6.31. The van der Waals surface area contributed by atoms with Gasteiger partial charge in [-0.05, 0) is 79.3 Å². The number of carbonyl (C=O) groups is 1. The molecule has 0 radical (unpaired) electrons. The standard InChI is InChI=1S/C31H27ClF3N3O2/c1-16-15-36-25(19-7-6-8-20(28(19)35)29(39)37(4)5)13-26(16)38-17(2)11-21(27(32)30(38)40)22-14-31(22,3)18-9-10-23(33)24(34)12-18/h6-13,15,22H,14H2,1-5H3. The minimum Gasteiger partial charge on any atom is -0.345 e. The first kappa shape index (κ1) is 27.6. The van der Waals surface area contributed by atoms with Crippen LogP contribution in [0.3, 0.4) is 0 Å². The summed E-state index contributed by atoms with van der Waals surface area (Å²) in [6.45, 7) is 5.49. The Kier molecular flexibility index (Phi) is 6.86. The number of pyridine rings is 2. The molecular formula is C31H27ClF3N3O2. The number of hydrogen-bond acceptors (Lipinski definition) is 3. The molecular weight excluding hydrogens is 539 g/mol. The number of nitrogens with zero attached hydrogens (tertiary/aromatic N) is 3. The summed E-state index contributed by atoms with van der Waals surface area (Å²) in [7, 11) is 3.09. The minimum atomic E-state index is -0.918. The quantitative estimate of drug-likeness (QED) is 0.269. The fraction of sp³-hybridized carbons (Fsp3) is 0.258. The van der Waals surface area contributed by atoms with E-state index < -0.39 is 34.3 Å². The van der Waals surface area contributed by atoms with Gasteiger partial charge >= 0.3 is 0 Å². The average Bonchev–Trinajstić information content (AvgIpc) is 3.60. The molecule has 0 aliphatic heterocycles. The van der Waals surface area contributed by atoms with Gasteiger partial charge < -0.3 is 4.90 Å². The van der Waals surface area contributed by atoms with E-state index in [0.29, 0.717) is 34.5 Å². The second-order valence-electron chi connectivity index (χ2n) is 10.7. The maximum Gasteiger partial charge on any atom is 0.274 e. The van der Waals surface area contributed by atoms with Crippen LogP contribution in [0.4, 0.5) is 13.2 Å². The average molecular weight is 566 g/mol. The number of aryl methyl sites for hydroxylation is 2. The van der Waals surface area contributed by atoms with Crippen molar-refractivity contribution in [3.63, 3.8) is 0 Å². The van der Waals surface area contributed by atoms with Gasteiger partial charge in [0.1, 0.15) is 10.8 Å². The van der Waals surface area contributed by atoms with Crippen molar-refractivity contribution < 1.29 is 18.0 Å². The van der Waals surface area contributed by atoms with Gasteiger partial charge in [-0.25, -0.2) is 13.2 Å². The second kappa shape index (κ2) is 9.93. The number of aromatic nitrogens is 2. The number of benzene rings is 2. The normalized spacial score (nSPS) is 18.1. The zero-order valence-electron chi connectivity index (χ0n) is 22.7. The molecule has 0 bridgehead atoms. The number of carbonyl (C=O) groups excluding carboxylic acids is 1. The molecule has 1 aliphatic rings. The van der Waals surface area contributed by atoms with E-state index in [2.05, 4.69) is 4.98 Å². The Morgan fingerprint density at radius 3 is 2.48 bits per heavy atom. The van der Waals surface area contributed by atoms with Gasteiger partial charge in [0.25, 0.3) is 11.5 Å². The number of hydrogen-bond donors (Lipinski definition) is 0. The van der Waals surface area contributed by atoms with Gasteiger partial charge in [-0.1, -0.05) is 30.7 Å². The fourth-order valence-corrected chi connectivity index (χ4v) is 5.58. The van der Waals surface area contributed by atoms with Crippen molar-refractivity contribution in [2.24, 2.45) is 0 Å². The Hall–Kier alpha value is -3.91. The smallest absolute Gasteiger partial charge is 0.274 e. The first-order valence-electron chi connectivity index (χ1n) is 12.7. The zero-order chi connectivity index (χ0) is 29.1. The van der Waals surface area contributed by atoms with Crippen molar-refractivity contribution in [1.29, 1.82) is 0 Å². The van der Waals surface area contributed by atoms with E-state index in [0.717, 1.165) is 6.07 Å². The molecule has 1 saturated carbocycles. The highest BCUT2D eigenvalue weighted by Crippen LogP contribution is 2.61. The maximum absolute atomic E-state index is 15.4. The van der Waals surface area contributed by atoms with Gasteiger partial charge in [0.15, 0.2) is 11.6 Å². The third-order valence-corrected chi connectivity index (χ3v) is 8.16. The Morgan fingerprint density at radius 2 is 1.80 bits per heavy atom. The predicted molar refractivity (Wildman–Crippen MR) is 149 cm³/mol. The van der Waals surface area contributed by atoms with Crippen LogP contribution in [-0.4, -0.2) is 34.5 Å². The van der Waals surface area contributed by atoms with Crippen LogP contribution in [0, 0.1) is 31.3 Å². The van der Waals surface area contributed by atoms with Crippen LogP contribution < -0.4 is 5.56 Å². The summed E-state index contributed by atoms with van der Waals surface area (Å²) in [5.74, 6) is -3.16. The lowest BCUT2D eigenvalue weighted by molar-refractivity contribution is 0.0823. The Morgan fingerprint density at radius 1 is 1.07 bits per heavy atom. The Balaban J connectivity index is 1.57. The van der Waals surface area contributed by atoms with E-state index in [4.69, 9.17) is 11.6 Å². The van der Waals surface area contributed by atoms with Crippen LogP contribution in [0.25, 0.3) is 16.9 Å². The molecule has 0 saturated heterocycles. The SMILES string of the molecule is Cc1cnc(-c2cccc(C(=O)N(C)C)c2F)cc1-n1c(C)cc(C2CC2(C)c2ccc(F)c(F)c2)c(Cl)c1=O. The summed E-state index contributed by atoms with van der Waals surface area (Å²) in [6.07, 6.45) is 2.17. The van der Waals surface area contributed by atoms with Gasteiger partial charge in [0, 0.05) is 37.0 Å². The summed E-state index contributed by atoms with van der Waals surface area (Å²) >= 11 is 6.66. The molecule has 1 fully saturated rings. The molecule has 2 heterocycles. The lowest BCUT2D eigenvalue weighted by Gasteiger charge is -2.18. The summed E-state index contributed by atoms with van der Waals surface area (Å²) < 4.78 is 44.3. The minimum absolute atomic E-state index is 0.0319. The molecule has 1 aliphatic carbocycles. The lowest BCUT2D eigenvalue weighted by atomic mass is 9.92. The molecule has 2 aromatic carbocycles. The third-order valence-electron chi connectivity index (χ3n) is 7.78. The van der Waals surface area contributed by atoms with Crippen LogP contribution in [0.5, 0.6) is 0 Å². The number of amides is 1. The first-order valence-corrected chi connectivity index (χ1v) is 13.1. The molecule has 5 rings (SSSR count). The molecule has 9 heteroatoms. The van der Waals surface area contributed by atoms with E-state index in [1.54, 1.807) is 52.3 Å². The van der Waals surface area contributed by atoms with Crippen molar-refractivity contribution in [2.75, 3.05) is 14.1 Å². The van der Waals surface area contributed by atoms with Gasteiger partial charge in [0.05, 0.1) is 16.9 Å². The van der Waals surface area contributed by atoms with Crippen LogP contribution in [0.1, 0.15) is 52.0 Å². The van der Waals surface area contributed by atoms with Gasteiger partial charge in [-0.15, -0.1) is 0 Å². The van der Waals surface area contributed by atoms with Crippen molar-refractivity contribution in [2.45, 2.75) is 38.5 Å². The van der Waals surface area contributed by atoms with Crippen LogP contribution in [-0.2, 0) is 5.41 Å². The Bertz CT molecular complexity index is 1750. The zero-order valence-corrected chi connectivity index (χ0v) is 23.4. The molecule has 4 aromatic rings. The number of halogens is 4. The van der Waals surface area contributed by atoms with Gasteiger partial charge in [-0.3, -0.25) is 19.1 Å². The third kappa shape index (κ3) is 4.50. The van der Waals surface area contributed by atoms with E-state index in [9.17, 15) is 18.4 Å². The molecule has 206 valence electrons. The predicted octanol–water partition coefficient (Wildman–Crippen LogP) is 6.73. The van der Waals surface area contributed by atoms with Crippen LogP contribution in [0.15, 0.2) is 59.5 Å². The Labute approximate surface area is 234 Å². The van der Waals surface area contributed by atoms with E-state index in [-0.39, 0.29) is 27.8 Å². The van der Waals surface area contributed by atoms with Gasteiger partial charge in [-0.2, -0.15) is 0 Å². The first-order chi connectivity index (χ1) is 18.8. The molecule has 40 heavy (non-hydrogen) atoms. The highest BCUT2D eigenvalue weighted by Gasteiger charge is 2.53. The molecule has 0 N–H and O–H groups in total. The molecule has 5 nitrogen and oxygen atoms in total. The van der Waals surface area contributed by atoms with E-state index in [1.807, 2.05) is 13.0 Å². The van der Waals surface area contributed by atoms with Crippen molar-refractivity contribution in [3.8, 4) is 16.9 Å². The fourth-order valence-electron chi connectivity index (χ4n) is 5.31. The topological polar surface area (TPSA) is 55.2 Å². The molecule has 2 unspecified atom stereocenters. The van der Waals surface area contributed by atoms with Crippen molar-refractivity contribution >= 4 is 17.5 Å². The lowest BCUT2D eigenvalue weighted by Crippen LogP contribution is -2.24. The maximum atomic E-state index is 15.4. The summed E-state index contributed by atoms with van der Waals surface area (Å²) in [5.41, 5.74) is 2.38. The molecule has 0 spiro atoms. The molecule has 1 amide bonds. The highest BCUT2D eigenvalue weighted by atomic mass is 35.5.